The molecular weight excluding hydrogens is 489 g/mol. The van der Waals surface area contributed by atoms with Gasteiger partial charge in [0.2, 0.25) is 0 Å². The molecule has 0 radical (unpaired) electrons. The fraction of sp³-hybridized carbons (Fsp3) is 0.0370. The minimum atomic E-state index is -0.553. The van der Waals surface area contributed by atoms with Gasteiger partial charge in [0.1, 0.15) is 18.2 Å². The molecule has 1 heterocycles. The lowest BCUT2D eigenvalue weighted by Gasteiger charge is -2.15. The predicted octanol–water partition coefficient (Wildman–Crippen LogP) is 7.62. The lowest BCUT2D eigenvalue weighted by atomic mass is 10.0. The van der Waals surface area contributed by atoms with Crippen LogP contribution in [0.25, 0.3) is 16.8 Å². The molecule has 0 N–H and O–H groups in total. The molecule has 4 aromatic carbocycles. The van der Waals surface area contributed by atoms with Gasteiger partial charge < -0.3 is 4.74 Å². The van der Waals surface area contributed by atoms with Crippen molar-refractivity contribution < 1.29 is 13.9 Å². The van der Waals surface area contributed by atoms with Crippen LogP contribution in [0.4, 0.5) is 10.1 Å². The Labute approximate surface area is 210 Å². The van der Waals surface area contributed by atoms with E-state index in [1.807, 2.05) is 72.8 Å². The van der Waals surface area contributed by atoms with E-state index in [0.29, 0.717) is 27.3 Å². The van der Waals surface area contributed by atoms with Crippen molar-refractivity contribution in [3.05, 3.63) is 112 Å². The number of anilines is 1. The van der Waals surface area contributed by atoms with E-state index >= 15 is 0 Å². The maximum Gasteiger partial charge on any atom is 0.270 e. The standard InChI is InChI=1S/C27H17ClFNO2S2/c28-22-14-19(11-12-23(22)29)30-26(31)25(34-27(30)33)15-21-20-9-5-4-8-18(20)10-13-24(21)32-16-17-6-2-1-3-7-17/h1-15H,16H2/b25-15-. The van der Waals surface area contributed by atoms with Crippen molar-refractivity contribution in [3.8, 4) is 5.75 Å². The summed E-state index contributed by atoms with van der Waals surface area (Å²) in [7, 11) is 0. The maximum atomic E-state index is 13.6. The van der Waals surface area contributed by atoms with Crippen molar-refractivity contribution >= 4 is 68.3 Å². The van der Waals surface area contributed by atoms with E-state index in [1.54, 1.807) is 0 Å². The predicted molar refractivity (Wildman–Crippen MR) is 142 cm³/mol. The van der Waals surface area contributed by atoms with Crippen LogP contribution in [-0.2, 0) is 11.4 Å². The highest BCUT2D eigenvalue weighted by atomic mass is 35.5. The Morgan fingerprint density at radius 3 is 2.56 bits per heavy atom. The van der Waals surface area contributed by atoms with Gasteiger partial charge in [0.25, 0.3) is 5.91 Å². The second-order valence-electron chi connectivity index (χ2n) is 7.59. The summed E-state index contributed by atoms with van der Waals surface area (Å²) in [6.45, 7) is 0.398. The van der Waals surface area contributed by atoms with Crippen LogP contribution in [0.2, 0.25) is 5.02 Å². The third-order valence-electron chi connectivity index (χ3n) is 5.40. The zero-order valence-corrected chi connectivity index (χ0v) is 20.1. The topological polar surface area (TPSA) is 29.5 Å². The molecule has 0 spiro atoms. The number of thiocarbonyl (C=S) groups is 1. The second kappa shape index (κ2) is 9.58. The van der Waals surface area contributed by atoms with Crippen LogP contribution in [-0.4, -0.2) is 10.2 Å². The van der Waals surface area contributed by atoms with Crippen molar-refractivity contribution in [1.82, 2.24) is 0 Å². The van der Waals surface area contributed by atoms with Crippen molar-refractivity contribution in [1.29, 1.82) is 0 Å². The quantitative estimate of drug-likeness (QED) is 0.206. The van der Waals surface area contributed by atoms with Gasteiger partial charge in [-0.1, -0.05) is 96.2 Å². The van der Waals surface area contributed by atoms with E-state index in [0.717, 1.165) is 21.9 Å². The first-order chi connectivity index (χ1) is 16.5. The normalized spacial score (nSPS) is 14.9. The zero-order valence-electron chi connectivity index (χ0n) is 17.7. The third kappa shape index (κ3) is 4.44. The summed E-state index contributed by atoms with van der Waals surface area (Å²) in [6, 6.07) is 25.8. The summed E-state index contributed by atoms with van der Waals surface area (Å²) in [6.07, 6.45) is 1.81. The number of nitrogens with zero attached hydrogens (tertiary/aromatic N) is 1. The van der Waals surface area contributed by atoms with E-state index < -0.39 is 5.82 Å². The third-order valence-corrected chi connectivity index (χ3v) is 6.99. The highest BCUT2D eigenvalue weighted by Gasteiger charge is 2.34. The van der Waals surface area contributed by atoms with Gasteiger partial charge in [0, 0.05) is 5.56 Å². The molecule has 0 unspecified atom stereocenters. The Hall–Kier alpha value is -3.19. The highest BCUT2D eigenvalue weighted by Crippen LogP contribution is 2.39. The van der Waals surface area contributed by atoms with Crippen molar-refractivity contribution in [3.63, 3.8) is 0 Å². The van der Waals surface area contributed by atoms with Gasteiger partial charge in [0.15, 0.2) is 4.32 Å². The number of benzene rings is 4. The molecule has 1 amide bonds. The minimum absolute atomic E-state index is 0.0684. The first-order valence-corrected chi connectivity index (χ1v) is 12.0. The van der Waals surface area contributed by atoms with Crippen LogP contribution < -0.4 is 9.64 Å². The number of hydrogen-bond acceptors (Lipinski definition) is 4. The monoisotopic (exact) mass is 505 g/mol. The van der Waals surface area contributed by atoms with Crippen molar-refractivity contribution in [2.75, 3.05) is 4.90 Å². The molecule has 0 aliphatic carbocycles. The Balaban J connectivity index is 1.54. The molecule has 3 nitrogen and oxygen atoms in total. The summed E-state index contributed by atoms with van der Waals surface area (Å²) in [5.74, 6) is -0.181. The molecular formula is C27H17ClFNO2S2. The van der Waals surface area contributed by atoms with E-state index in [1.165, 1.54) is 34.9 Å². The first kappa shape index (κ1) is 22.6. The SMILES string of the molecule is O=C1/C(=C/c2c(OCc3ccccc3)ccc3ccccc23)SC(=S)N1c1ccc(F)c(Cl)c1. The molecule has 0 bridgehead atoms. The Kier molecular flexibility index (Phi) is 6.37. The number of amides is 1. The number of thioether (sulfide) groups is 1. The first-order valence-electron chi connectivity index (χ1n) is 10.4. The maximum absolute atomic E-state index is 13.6. The molecule has 34 heavy (non-hydrogen) atoms. The van der Waals surface area contributed by atoms with Gasteiger partial charge in [-0.25, -0.2) is 4.39 Å². The van der Waals surface area contributed by atoms with Crippen molar-refractivity contribution in [2.45, 2.75) is 6.61 Å². The number of hydrogen-bond donors (Lipinski definition) is 0. The van der Waals surface area contributed by atoms with Crippen LogP contribution in [0.3, 0.4) is 0 Å². The number of carbonyl (C=O) groups excluding carboxylic acids is 1. The number of halogens is 2. The lowest BCUT2D eigenvalue weighted by Crippen LogP contribution is -2.27. The van der Waals surface area contributed by atoms with Crippen LogP contribution >= 0.6 is 35.6 Å². The minimum Gasteiger partial charge on any atom is -0.488 e. The number of ether oxygens (including phenoxy) is 1. The number of fused-ring (bicyclic) bond motifs is 1. The summed E-state index contributed by atoms with van der Waals surface area (Å²) >= 11 is 12.6. The average Bonchev–Trinajstić information content (AvgIpc) is 3.13. The summed E-state index contributed by atoms with van der Waals surface area (Å²) in [4.78, 5) is 15.1. The van der Waals surface area contributed by atoms with Crippen LogP contribution in [0.15, 0.2) is 89.8 Å². The Bertz CT molecular complexity index is 1460. The number of rotatable bonds is 5. The van der Waals surface area contributed by atoms with E-state index in [9.17, 15) is 9.18 Å². The van der Waals surface area contributed by atoms with Crippen LogP contribution in [0.1, 0.15) is 11.1 Å². The zero-order chi connectivity index (χ0) is 23.7. The van der Waals surface area contributed by atoms with Crippen LogP contribution in [0, 0.1) is 5.82 Å². The molecule has 7 heteroatoms. The van der Waals surface area contributed by atoms with Gasteiger partial charge in [-0.3, -0.25) is 9.69 Å². The van der Waals surface area contributed by atoms with Gasteiger partial charge in [0.05, 0.1) is 15.6 Å². The average molecular weight is 506 g/mol. The van der Waals surface area contributed by atoms with Crippen molar-refractivity contribution in [2.24, 2.45) is 0 Å². The Morgan fingerprint density at radius 2 is 1.76 bits per heavy atom. The molecule has 0 aromatic heterocycles. The molecule has 4 aromatic rings. The highest BCUT2D eigenvalue weighted by molar-refractivity contribution is 8.27. The molecule has 168 valence electrons. The van der Waals surface area contributed by atoms with Gasteiger partial charge in [-0.2, -0.15) is 0 Å². The van der Waals surface area contributed by atoms with E-state index in [2.05, 4.69) is 0 Å². The molecule has 1 saturated heterocycles. The summed E-state index contributed by atoms with van der Waals surface area (Å²) in [5, 5.41) is 1.92. The van der Waals surface area contributed by atoms with E-state index in [-0.39, 0.29) is 10.9 Å². The van der Waals surface area contributed by atoms with Crippen LogP contribution in [0.5, 0.6) is 5.75 Å². The van der Waals surface area contributed by atoms with Gasteiger partial charge >= 0.3 is 0 Å². The Morgan fingerprint density at radius 1 is 1.00 bits per heavy atom. The molecule has 1 aliphatic rings. The van der Waals surface area contributed by atoms with Gasteiger partial charge in [-0.15, -0.1) is 0 Å². The van der Waals surface area contributed by atoms with E-state index in [4.69, 9.17) is 28.6 Å². The molecule has 1 aliphatic heterocycles. The number of carbonyl (C=O) groups is 1. The second-order valence-corrected chi connectivity index (χ2v) is 9.67. The molecule has 1 fully saturated rings. The molecule has 0 saturated carbocycles. The van der Waals surface area contributed by atoms with Gasteiger partial charge in [-0.05, 0) is 46.7 Å². The fourth-order valence-corrected chi connectivity index (χ4v) is 5.19. The summed E-state index contributed by atoms with van der Waals surface area (Å²) in [5.41, 5.74) is 2.27. The lowest BCUT2D eigenvalue weighted by molar-refractivity contribution is -0.113. The molecule has 5 rings (SSSR count). The molecule has 0 atom stereocenters. The largest absolute Gasteiger partial charge is 0.488 e. The smallest absolute Gasteiger partial charge is 0.270 e. The fourth-order valence-electron chi connectivity index (χ4n) is 3.73. The summed E-state index contributed by atoms with van der Waals surface area (Å²) < 4.78 is 20.2.